The van der Waals surface area contributed by atoms with Crippen molar-refractivity contribution in [1.29, 1.82) is 0 Å². The van der Waals surface area contributed by atoms with Gasteiger partial charge in [0.15, 0.2) is 0 Å². The number of allylic oxidation sites excluding steroid dienone is 1. The monoisotopic (exact) mass is 454 g/mol. The van der Waals surface area contributed by atoms with E-state index < -0.39 is 41.8 Å². The second-order valence-electron chi connectivity index (χ2n) is 10.4. The third kappa shape index (κ3) is 8.81. The zero-order valence-electron chi connectivity index (χ0n) is 20.9. The van der Waals surface area contributed by atoms with Gasteiger partial charge in [0.1, 0.15) is 23.9 Å². The lowest BCUT2D eigenvalue weighted by atomic mass is 9.89. The molecule has 1 heterocycles. The number of amides is 2. The first kappa shape index (κ1) is 27.9. The summed E-state index contributed by atoms with van der Waals surface area (Å²) in [5.41, 5.74) is -1.39. The maximum Gasteiger partial charge on any atom is 0.411 e. The Kier molecular flexibility index (Phi) is 10.2. The molecule has 1 fully saturated rings. The van der Waals surface area contributed by atoms with E-state index in [2.05, 4.69) is 5.32 Å². The topological polar surface area (TPSA) is 105 Å². The summed E-state index contributed by atoms with van der Waals surface area (Å²) in [5, 5.41) is 11.7. The van der Waals surface area contributed by atoms with Gasteiger partial charge in [0.2, 0.25) is 5.91 Å². The quantitative estimate of drug-likeness (QED) is 0.430. The molecule has 1 rings (SSSR count). The van der Waals surface area contributed by atoms with Crippen molar-refractivity contribution < 1.29 is 29.0 Å². The van der Waals surface area contributed by atoms with E-state index in [1.807, 2.05) is 26.0 Å². The lowest BCUT2D eigenvalue weighted by Gasteiger charge is -2.35. The minimum Gasteiger partial charge on any atom is -0.458 e. The Morgan fingerprint density at radius 1 is 1.12 bits per heavy atom. The lowest BCUT2D eigenvalue weighted by Crippen LogP contribution is -2.50. The van der Waals surface area contributed by atoms with Gasteiger partial charge < -0.3 is 19.9 Å². The molecule has 0 bridgehead atoms. The van der Waals surface area contributed by atoms with Gasteiger partial charge in [0, 0.05) is 12.6 Å². The summed E-state index contributed by atoms with van der Waals surface area (Å²) in [4.78, 5) is 39.4. The number of nitrogens with zero attached hydrogens (tertiary/aromatic N) is 1. The summed E-state index contributed by atoms with van der Waals surface area (Å²) >= 11 is 0. The summed E-state index contributed by atoms with van der Waals surface area (Å²) in [5.74, 6) is -0.865. The summed E-state index contributed by atoms with van der Waals surface area (Å²) in [6.07, 6.45) is 5.20. The molecule has 8 nitrogen and oxygen atoms in total. The Morgan fingerprint density at radius 2 is 1.72 bits per heavy atom. The third-order valence-electron chi connectivity index (χ3n) is 5.29. The summed E-state index contributed by atoms with van der Waals surface area (Å²) in [6.45, 7) is 14.5. The number of carbonyl (C=O) groups excluding carboxylic acids is 3. The van der Waals surface area contributed by atoms with Gasteiger partial charge in [-0.2, -0.15) is 0 Å². The van der Waals surface area contributed by atoms with Crippen molar-refractivity contribution in [2.45, 2.75) is 97.9 Å². The van der Waals surface area contributed by atoms with Crippen molar-refractivity contribution in [2.75, 3.05) is 13.2 Å². The molecule has 2 amide bonds. The SMILES string of the molecule is CC=C[C@@H]1C[C@H](C(=O)OC(C)(C)C)N(C(=O)OC(C)(C)C)[C@@H]1CC(CC)CNC(=O)CO. The molecular formula is C24H42N2O6. The van der Waals surface area contributed by atoms with E-state index in [9.17, 15) is 14.4 Å². The highest BCUT2D eigenvalue weighted by molar-refractivity contribution is 5.83. The summed E-state index contributed by atoms with van der Waals surface area (Å²) < 4.78 is 11.3. The number of nitrogens with one attached hydrogen (secondary N) is 1. The van der Waals surface area contributed by atoms with Crippen molar-refractivity contribution in [3.8, 4) is 0 Å². The van der Waals surface area contributed by atoms with Gasteiger partial charge in [-0.15, -0.1) is 0 Å². The Morgan fingerprint density at radius 3 is 2.19 bits per heavy atom. The van der Waals surface area contributed by atoms with E-state index >= 15 is 0 Å². The van der Waals surface area contributed by atoms with Crippen LogP contribution in [0, 0.1) is 11.8 Å². The summed E-state index contributed by atoms with van der Waals surface area (Å²) in [6, 6.07) is -1.03. The second-order valence-corrected chi connectivity index (χ2v) is 10.4. The molecule has 0 spiro atoms. The fraction of sp³-hybridized carbons (Fsp3) is 0.792. The lowest BCUT2D eigenvalue weighted by molar-refractivity contribution is -0.160. The van der Waals surface area contributed by atoms with Gasteiger partial charge in [0.25, 0.3) is 0 Å². The van der Waals surface area contributed by atoms with Crippen LogP contribution < -0.4 is 5.32 Å². The van der Waals surface area contributed by atoms with Crippen LogP contribution in [0.25, 0.3) is 0 Å². The predicted molar refractivity (Wildman–Crippen MR) is 123 cm³/mol. The van der Waals surface area contributed by atoms with Gasteiger partial charge in [-0.3, -0.25) is 9.69 Å². The Labute approximate surface area is 192 Å². The number of rotatable bonds is 8. The van der Waals surface area contributed by atoms with Gasteiger partial charge >= 0.3 is 12.1 Å². The first-order valence-corrected chi connectivity index (χ1v) is 11.5. The van der Waals surface area contributed by atoms with Crippen LogP contribution in [0.3, 0.4) is 0 Å². The molecule has 4 atom stereocenters. The highest BCUT2D eigenvalue weighted by Crippen LogP contribution is 2.37. The molecule has 0 aromatic carbocycles. The fourth-order valence-corrected chi connectivity index (χ4v) is 3.92. The fourth-order valence-electron chi connectivity index (χ4n) is 3.92. The van der Waals surface area contributed by atoms with Gasteiger partial charge in [-0.25, -0.2) is 9.59 Å². The molecule has 1 aliphatic heterocycles. The predicted octanol–water partition coefficient (Wildman–Crippen LogP) is 3.42. The van der Waals surface area contributed by atoms with E-state index in [4.69, 9.17) is 14.6 Å². The Bertz CT molecular complexity index is 677. The minimum absolute atomic E-state index is 0.0485. The third-order valence-corrected chi connectivity index (χ3v) is 5.29. The van der Waals surface area contributed by atoms with E-state index in [0.717, 1.165) is 6.42 Å². The second kappa shape index (κ2) is 11.7. The van der Waals surface area contributed by atoms with Crippen LogP contribution in [0.1, 0.15) is 74.7 Å². The van der Waals surface area contributed by atoms with Crippen LogP contribution in [0.5, 0.6) is 0 Å². The van der Waals surface area contributed by atoms with Gasteiger partial charge in [-0.1, -0.05) is 25.5 Å². The molecule has 1 unspecified atom stereocenters. The van der Waals surface area contributed by atoms with Crippen molar-refractivity contribution in [3.63, 3.8) is 0 Å². The van der Waals surface area contributed by atoms with Gasteiger partial charge in [-0.05, 0) is 73.1 Å². The highest BCUT2D eigenvalue weighted by atomic mass is 16.6. The Balaban J connectivity index is 3.26. The maximum atomic E-state index is 13.3. The molecule has 1 saturated heterocycles. The van der Waals surface area contributed by atoms with E-state index in [1.165, 1.54) is 0 Å². The molecule has 184 valence electrons. The van der Waals surface area contributed by atoms with Crippen LogP contribution >= 0.6 is 0 Å². The smallest absolute Gasteiger partial charge is 0.411 e. The van der Waals surface area contributed by atoms with E-state index in [1.54, 1.807) is 46.4 Å². The van der Waals surface area contributed by atoms with Crippen LogP contribution in [-0.4, -0.2) is 64.4 Å². The first-order chi connectivity index (χ1) is 14.7. The maximum absolute atomic E-state index is 13.3. The number of likely N-dealkylation sites (tertiary alicyclic amines) is 1. The number of esters is 1. The zero-order valence-corrected chi connectivity index (χ0v) is 20.9. The van der Waals surface area contributed by atoms with Crippen molar-refractivity contribution in [2.24, 2.45) is 11.8 Å². The normalized spacial score (nSPS) is 22.7. The first-order valence-electron chi connectivity index (χ1n) is 11.5. The van der Waals surface area contributed by atoms with Gasteiger partial charge in [0.05, 0.1) is 0 Å². The molecule has 8 heteroatoms. The molecule has 0 aromatic rings. The minimum atomic E-state index is -0.750. The number of aliphatic hydroxyl groups is 1. The molecule has 2 N–H and O–H groups in total. The standard InChI is InChI=1S/C24H42N2O6/c1-9-11-17-13-19(21(29)31-23(3,4)5)26(22(30)32-24(6,7)8)18(17)12-16(10-2)14-25-20(28)15-27/h9,11,16-19,27H,10,12-15H2,1-8H3,(H,25,28)/t16?,17-,18-,19-/m1/s1. The molecule has 0 radical (unpaired) electrons. The summed E-state index contributed by atoms with van der Waals surface area (Å²) in [7, 11) is 0. The number of carbonyl (C=O) groups is 3. The van der Waals surface area contributed by atoms with E-state index in [0.29, 0.717) is 19.4 Å². The van der Waals surface area contributed by atoms with Crippen LogP contribution in [-0.2, 0) is 19.1 Å². The average molecular weight is 455 g/mol. The molecule has 0 aliphatic carbocycles. The molecule has 0 saturated carbocycles. The van der Waals surface area contributed by atoms with Crippen molar-refractivity contribution >= 4 is 18.0 Å². The number of aliphatic hydroxyl groups excluding tert-OH is 1. The van der Waals surface area contributed by atoms with Crippen molar-refractivity contribution in [3.05, 3.63) is 12.2 Å². The molecular weight excluding hydrogens is 412 g/mol. The average Bonchev–Trinajstić information content (AvgIpc) is 3.00. The van der Waals surface area contributed by atoms with Crippen LogP contribution in [0.15, 0.2) is 12.2 Å². The molecule has 0 aromatic heterocycles. The van der Waals surface area contributed by atoms with Crippen LogP contribution in [0.2, 0.25) is 0 Å². The zero-order chi connectivity index (χ0) is 24.7. The van der Waals surface area contributed by atoms with E-state index in [-0.39, 0.29) is 17.9 Å². The Hall–Kier alpha value is -2.09. The number of hydrogen-bond donors (Lipinski definition) is 2. The van der Waals surface area contributed by atoms with Crippen molar-refractivity contribution in [1.82, 2.24) is 10.2 Å². The molecule has 32 heavy (non-hydrogen) atoms. The highest BCUT2D eigenvalue weighted by Gasteiger charge is 2.49. The number of ether oxygens (including phenoxy) is 2. The largest absolute Gasteiger partial charge is 0.458 e. The number of hydrogen-bond acceptors (Lipinski definition) is 6. The molecule has 1 aliphatic rings. The van der Waals surface area contributed by atoms with Crippen LogP contribution in [0.4, 0.5) is 4.79 Å².